The Labute approximate surface area is 151 Å². The van der Waals surface area contributed by atoms with Gasteiger partial charge in [-0.15, -0.1) is 0 Å². The Hall–Kier alpha value is -2.66. The van der Waals surface area contributed by atoms with Crippen LogP contribution in [0.3, 0.4) is 0 Å². The Morgan fingerprint density at radius 2 is 1.92 bits per heavy atom. The van der Waals surface area contributed by atoms with E-state index in [1.54, 1.807) is 12.1 Å². The molecule has 4 nitrogen and oxygen atoms in total. The van der Waals surface area contributed by atoms with Crippen molar-refractivity contribution in [1.82, 2.24) is 4.98 Å². The summed E-state index contributed by atoms with van der Waals surface area (Å²) in [7, 11) is 0. The molecule has 0 bridgehead atoms. The number of aromatic nitrogens is 1. The van der Waals surface area contributed by atoms with Crippen molar-refractivity contribution >= 4 is 29.5 Å². The van der Waals surface area contributed by atoms with Crippen LogP contribution in [0.2, 0.25) is 0 Å². The first-order valence-electron chi connectivity index (χ1n) is 8.03. The van der Waals surface area contributed by atoms with E-state index in [0.717, 1.165) is 22.6 Å². The normalized spacial score (nSPS) is 10.8. The van der Waals surface area contributed by atoms with Crippen LogP contribution in [-0.2, 0) is 19.0 Å². The van der Waals surface area contributed by atoms with Crippen LogP contribution in [0.5, 0.6) is 5.75 Å². The van der Waals surface area contributed by atoms with Gasteiger partial charge in [0.2, 0.25) is 0 Å². The molecule has 0 aliphatic heterocycles. The molecule has 0 N–H and O–H groups in total. The van der Waals surface area contributed by atoms with Crippen molar-refractivity contribution in [3.05, 3.63) is 64.8 Å². The highest BCUT2D eigenvalue weighted by Gasteiger charge is 2.08. The molecule has 128 valence electrons. The fourth-order valence-electron chi connectivity index (χ4n) is 2.80. The number of hydrogen-bond donors (Lipinski definition) is 0. The van der Waals surface area contributed by atoms with Crippen molar-refractivity contribution in [2.45, 2.75) is 25.2 Å². The van der Waals surface area contributed by atoms with E-state index < -0.39 is 5.97 Å². The molecule has 0 fully saturated rings. The summed E-state index contributed by atoms with van der Waals surface area (Å²) >= 11 is 5.62. The maximum atomic E-state index is 11.1. The smallest absolute Gasteiger partial charge is 0.119 e. The van der Waals surface area contributed by atoms with Crippen LogP contribution in [0.15, 0.2) is 47.4 Å². The predicted molar refractivity (Wildman–Crippen MR) is 96.9 cm³/mol. The maximum absolute atomic E-state index is 11.1. The van der Waals surface area contributed by atoms with Gasteiger partial charge in [-0.2, -0.15) is 4.90 Å². The largest absolute Gasteiger partial charge is 0.779 e. The van der Waals surface area contributed by atoms with Crippen LogP contribution in [0.25, 0.3) is 10.9 Å². The third kappa shape index (κ3) is 3.56. The Kier molecular flexibility index (Phi) is 4.86. The van der Waals surface area contributed by atoms with Crippen LogP contribution in [0.4, 0.5) is 0 Å². The SMILES string of the molecule is CCOc1ccc(Cc2c(C)nc3ccc(C(=O)[O-])cc3c2[S-])cc1. The lowest BCUT2D eigenvalue weighted by molar-refractivity contribution is -0.255. The zero-order valence-corrected chi connectivity index (χ0v) is 14.9. The zero-order chi connectivity index (χ0) is 18.0. The van der Waals surface area contributed by atoms with Crippen molar-refractivity contribution < 1.29 is 14.6 Å². The molecule has 0 amide bonds. The molecule has 25 heavy (non-hydrogen) atoms. The predicted octanol–water partition coefficient (Wildman–Crippen LogP) is 2.80. The second-order valence-corrected chi connectivity index (χ2v) is 6.19. The van der Waals surface area contributed by atoms with Crippen molar-refractivity contribution in [3.8, 4) is 5.75 Å². The van der Waals surface area contributed by atoms with E-state index in [-0.39, 0.29) is 5.56 Å². The van der Waals surface area contributed by atoms with Crippen molar-refractivity contribution in [2.24, 2.45) is 0 Å². The van der Waals surface area contributed by atoms with Gasteiger partial charge in [-0.3, -0.25) is 4.98 Å². The number of carbonyl (C=O) groups excluding carboxylic acids is 1. The number of rotatable bonds is 5. The molecule has 0 aliphatic rings. The molecule has 0 radical (unpaired) electrons. The summed E-state index contributed by atoms with van der Waals surface area (Å²) in [6.45, 7) is 4.50. The Balaban J connectivity index is 2.01. The monoisotopic (exact) mass is 351 g/mol. The number of carboxylic acids is 1. The Bertz CT molecular complexity index is 936. The lowest BCUT2D eigenvalue weighted by Crippen LogP contribution is -2.22. The molecular weight excluding hydrogens is 334 g/mol. The molecule has 0 spiro atoms. The standard InChI is InChI=1S/C20H19NO3S/c1-3-24-15-7-4-13(5-8-15)10-16-12(2)21-18-9-6-14(20(22)23)11-17(18)19(16)25/h4-9,11H,3,10H2,1-2H3,(H,21,25)(H,22,23)/p-2. The third-order valence-electron chi connectivity index (χ3n) is 4.09. The number of pyridine rings is 1. The molecule has 1 heterocycles. The van der Waals surface area contributed by atoms with Crippen molar-refractivity contribution in [1.29, 1.82) is 0 Å². The van der Waals surface area contributed by atoms with E-state index in [1.807, 2.05) is 38.1 Å². The van der Waals surface area contributed by atoms with Gasteiger partial charge in [0.25, 0.3) is 0 Å². The molecule has 0 aliphatic carbocycles. The summed E-state index contributed by atoms with van der Waals surface area (Å²) < 4.78 is 5.46. The topological polar surface area (TPSA) is 62.2 Å². The molecule has 0 unspecified atom stereocenters. The molecule has 2 aromatic carbocycles. The Morgan fingerprint density at radius 3 is 2.56 bits per heavy atom. The number of fused-ring (bicyclic) bond motifs is 1. The second kappa shape index (κ2) is 7.07. The van der Waals surface area contributed by atoms with E-state index in [4.69, 9.17) is 17.4 Å². The first-order chi connectivity index (χ1) is 12.0. The summed E-state index contributed by atoms with van der Waals surface area (Å²) in [5.74, 6) is -0.387. The number of hydrogen-bond acceptors (Lipinski definition) is 5. The van der Waals surface area contributed by atoms with Gasteiger partial charge in [0.15, 0.2) is 0 Å². The number of carbonyl (C=O) groups is 1. The van der Waals surface area contributed by atoms with E-state index in [9.17, 15) is 9.90 Å². The van der Waals surface area contributed by atoms with Gasteiger partial charge in [-0.25, -0.2) is 0 Å². The summed E-state index contributed by atoms with van der Waals surface area (Å²) in [5, 5.41) is 11.8. The highest BCUT2D eigenvalue weighted by molar-refractivity contribution is 7.59. The van der Waals surface area contributed by atoms with Crippen molar-refractivity contribution in [2.75, 3.05) is 6.61 Å². The average Bonchev–Trinajstić information content (AvgIpc) is 2.60. The van der Waals surface area contributed by atoms with Crippen LogP contribution in [0.1, 0.15) is 34.1 Å². The van der Waals surface area contributed by atoms with Gasteiger partial charge < -0.3 is 27.3 Å². The van der Waals surface area contributed by atoms with E-state index in [0.29, 0.717) is 28.8 Å². The maximum Gasteiger partial charge on any atom is 0.119 e. The molecule has 3 rings (SSSR count). The van der Waals surface area contributed by atoms with Crippen LogP contribution in [-0.4, -0.2) is 17.6 Å². The number of carboxylic acid groups (broad SMARTS) is 1. The second-order valence-electron chi connectivity index (χ2n) is 5.78. The van der Waals surface area contributed by atoms with Gasteiger partial charge in [0.1, 0.15) is 5.75 Å². The van der Waals surface area contributed by atoms with Gasteiger partial charge in [-0.1, -0.05) is 18.2 Å². The minimum absolute atomic E-state index is 0.108. The highest BCUT2D eigenvalue weighted by Crippen LogP contribution is 2.27. The summed E-state index contributed by atoms with van der Waals surface area (Å²) in [6.07, 6.45) is 0.634. The fraction of sp³-hybridized carbons (Fsp3) is 0.200. The van der Waals surface area contributed by atoms with Gasteiger partial charge in [-0.05, 0) is 66.6 Å². The van der Waals surface area contributed by atoms with Gasteiger partial charge in [0, 0.05) is 5.69 Å². The third-order valence-corrected chi connectivity index (χ3v) is 4.56. The molecular formula is C20H17NO3S-2. The number of aromatic carboxylic acids is 1. The van der Waals surface area contributed by atoms with E-state index >= 15 is 0 Å². The summed E-state index contributed by atoms with van der Waals surface area (Å²) in [5.41, 5.74) is 3.68. The molecule has 0 atom stereocenters. The van der Waals surface area contributed by atoms with Crippen LogP contribution < -0.4 is 9.84 Å². The summed E-state index contributed by atoms with van der Waals surface area (Å²) in [4.78, 5) is 16.3. The minimum Gasteiger partial charge on any atom is -0.779 e. The van der Waals surface area contributed by atoms with E-state index in [1.165, 1.54) is 6.07 Å². The molecule has 5 heteroatoms. The lowest BCUT2D eigenvalue weighted by Gasteiger charge is -2.20. The zero-order valence-electron chi connectivity index (χ0n) is 14.0. The van der Waals surface area contributed by atoms with Crippen LogP contribution >= 0.6 is 0 Å². The average molecular weight is 351 g/mol. The number of nitrogens with zero attached hydrogens (tertiary/aromatic N) is 1. The quantitative estimate of drug-likeness (QED) is 0.662. The van der Waals surface area contributed by atoms with Gasteiger partial charge in [0.05, 0.1) is 18.1 Å². The van der Waals surface area contributed by atoms with E-state index in [2.05, 4.69) is 4.98 Å². The summed E-state index contributed by atoms with van der Waals surface area (Å²) in [6, 6.07) is 12.6. The fourth-order valence-corrected chi connectivity index (χ4v) is 3.18. The molecule has 0 saturated carbocycles. The number of aryl methyl sites for hydroxylation is 1. The first kappa shape index (κ1) is 17.2. The lowest BCUT2D eigenvalue weighted by atomic mass is 10.0. The number of ether oxygens (including phenoxy) is 1. The number of benzene rings is 2. The molecule has 3 aromatic rings. The molecule has 1 aromatic heterocycles. The first-order valence-corrected chi connectivity index (χ1v) is 8.43. The van der Waals surface area contributed by atoms with Gasteiger partial charge >= 0.3 is 0 Å². The molecule has 0 saturated heterocycles. The Morgan fingerprint density at radius 1 is 1.20 bits per heavy atom. The minimum atomic E-state index is -1.22. The highest BCUT2D eigenvalue weighted by atomic mass is 32.1. The van der Waals surface area contributed by atoms with Crippen LogP contribution in [0, 0.1) is 6.92 Å². The van der Waals surface area contributed by atoms with Crippen molar-refractivity contribution in [3.63, 3.8) is 0 Å².